The van der Waals surface area contributed by atoms with Crippen molar-refractivity contribution in [1.29, 1.82) is 5.26 Å². The van der Waals surface area contributed by atoms with Crippen LogP contribution in [0.1, 0.15) is 39.5 Å². The van der Waals surface area contributed by atoms with Crippen molar-refractivity contribution in [1.82, 2.24) is 0 Å². The van der Waals surface area contributed by atoms with E-state index in [-0.39, 0.29) is 0 Å². The zero-order chi connectivity index (χ0) is 12.7. The molecule has 0 spiro atoms. The first-order valence-electron chi connectivity index (χ1n) is 6.04. The van der Waals surface area contributed by atoms with Crippen LogP contribution >= 0.6 is 15.9 Å². The highest BCUT2D eigenvalue weighted by Gasteiger charge is 2.22. The molecule has 1 N–H and O–H groups in total. The third-order valence-corrected chi connectivity index (χ3v) is 3.27. The van der Waals surface area contributed by atoms with Crippen LogP contribution in [0.5, 0.6) is 0 Å². The van der Waals surface area contributed by atoms with Crippen LogP contribution in [-0.2, 0) is 0 Å². The van der Waals surface area contributed by atoms with Crippen LogP contribution in [0.3, 0.4) is 0 Å². The van der Waals surface area contributed by atoms with Gasteiger partial charge >= 0.3 is 0 Å². The maximum Gasteiger partial charge on any atom is 0.122 e. The summed E-state index contributed by atoms with van der Waals surface area (Å²) >= 11 is 3.43. The van der Waals surface area contributed by atoms with Crippen LogP contribution in [0.2, 0.25) is 0 Å². The standard InChI is InChI=1S/C14H19BrN2/c1-3-4-5-9-14(2,11-16)17-13-8-6-7-12(15)10-13/h6-8,10,17H,3-5,9H2,1-2H3. The topological polar surface area (TPSA) is 35.8 Å². The fraction of sp³-hybridized carbons (Fsp3) is 0.500. The second-order valence-corrected chi connectivity index (χ2v) is 5.45. The van der Waals surface area contributed by atoms with E-state index in [1.54, 1.807) is 0 Å². The Morgan fingerprint density at radius 2 is 2.18 bits per heavy atom. The fourth-order valence-electron chi connectivity index (χ4n) is 1.76. The molecule has 1 unspecified atom stereocenters. The quantitative estimate of drug-likeness (QED) is 0.770. The molecule has 0 aromatic heterocycles. The Kier molecular flexibility index (Phi) is 5.50. The van der Waals surface area contributed by atoms with Crippen LogP contribution in [0.4, 0.5) is 5.69 Å². The van der Waals surface area contributed by atoms with Crippen molar-refractivity contribution >= 4 is 21.6 Å². The second kappa shape index (κ2) is 6.66. The molecular weight excluding hydrogens is 276 g/mol. The summed E-state index contributed by atoms with van der Waals surface area (Å²) in [6, 6.07) is 10.3. The molecule has 0 aliphatic heterocycles. The maximum atomic E-state index is 9.29. The van der Waals surface area contributed by atoms with Gasteiger partial charge in [0.1, 0.15) is 5.54 Å². The summed E-state index contributed by atoms with van der Waals surface area (Å²) in [4.78, 5) is 0. The van der Waals surface area contributed by atoms with Gasteiger partial charge in [0.25, 0.3) is 0 Å². The first-order valence-corrected chi connectivity index (χ1v) is 6.84. The molecule has 0 saturated carbocycles. The Morgan fingerprint density at radius 1 is 1.41 bits per heavy atom. The SMILES string of the molecule is CCCCCC(C)(C#N)Nc1cccc(Br)c1. The monoisotopic (exact) mass is 294 g/mol. The fourth-order valence-corrected chi connectivity index (χ4v) is 2.16. The number of hydrogen-bond donors (Lipinski definition) is 1. The lowest BCUT2D eigenvalue weighted by Gasteiger charge is -2.24. The minimum Gasteiger partial charge on any atom is -0.368 e. The molecule has 0 heterocycles. The third-order valence-electron chi connectivity index (χ3n) is 2.77. The van der Waals surface area contributed by atoms with Gasteiger partial charge in [0, 0.05) is 10.2 Å². The lowest BCUT2D eigenvalue weighted by molar-refractivity contribution is 0.538. The Morgan fingerprint density at radius 3 is 2.76 bits per heavy atom. The smallest absolute Gasteiger partial charge is 0.122 e. The van der Waals surface area contributed by atoms with Crippen LogP contribution in [0.15, 0.2) is 28.7 Å². The second-order valence-electron chi connectivity index (χ2n) is 4.54. The number of unbranched alkanes of at least 4 members (excludes halogenated alkanes) is 2. The molecule has 1 rings (SSSR count). The van der Waals surface area contributed by atoms with Gasteiger partial charge in [-0.05, 0) is 31.5 Å². The predicted molar refractivity (Wildman–Crippen MR) is 75.9 cm³/mol. The highest BCUT2D eigenvalue weighted by Crippen LogP contribution is 2.23. The van der Waals surface area contributed by atoms with Crippen molar-refractivity contribution in [3.05, 3.63) is 28.7 Å². The zero-order valence-electron chi connectivity index (χ0n) is 10.5. The minimum atomic E-state index is -0.476. The summed E-state index contributed by atoms with van der Waals surface area (Å²) in [5.41, 5.74) is 0.510. The van der Waals surface area contributed by atoms with Crippen molar-refractivity contribution in [2.75, 3.05) is 5.32 Å². The summed E-state index contributed by atoms with van der Waals surface area (Å²) < 4.78 is 1.02. The van der Waals surface area contributed by atoms with Crippen molar-refractivity contribution in [2.24, 2.45) is 0 Å². The van der Waals surface area contributed by atoms with Gasteiger partial charge in [0.05, 0.1) is 6.07 Å². The Balaban J connectivity index is 2.65. The number of halogens is 1. The van der Waals surface area contributed by atoms with Gasteiger partial charge in [-0.15, -0.1) is 0 Å². The molecule has 0 bridgehead atoms. The summed E-state index contributed by atoms with van der Waals surface area (Å²) in [6.07, 6.45) is 4.32. The van der Waals surface area contributed by atoms with E-state index in [4.69, 9.17) is 0 Å². The molecule has 1 atom stereocenters. The van der Waals surface area contributed by atoms with Gasteiger partial charge in [-0.25, -0.2) is 0 Å². The number of nitrogens with one attached hydrogen (secondary N) is 1. The molecule has 0 radical (unpaired) electrons. The number of anilines is 1. The van der Waals surface area contributed by atoms with Gasteiger partial charge in [-0.3, -0.25) is 0 Å². The molecule has 92 valence electrons. The lowest BCUT2D eigenvalue weighted by atomic mass is 9.95. The number of benzene rings is 1. The maximum absolute atomic E-state index is 9.29. The Hall–Kier alpha value is -1.01. The minimum absolute atomic E-state index is 0.476. The van der Waals surface area contributed by atoms with E-state index in [0.29, 0.717) is 0 Å². The average Bonchev–Trinajstić information content (AvgIpc) is 2.29. The van der Waals surface area contributed by atoms with Crippen LogP contribution < -0.4 is 5.32 Å². The average molecular weight is 295 g/mol. The zero-order valence-corrected chi connectivity index (χ0v) is 12.0. The summed E-state index contributed by atoms with van der Waals surface area (Å²) in [7, 11) is 0. The van der Waals surface area contributed by atoms with E-state index < -0.39 is 5.54 Å². The third kappa shape index (κ3) is 4.79. The predicted octanol–water partition coefficient (Wildman–Crippen LogP) is 4.72. The van der Waals surface area contributed by atoms with Gasteiger partial charge < -0.3 is 5.32 Å². The first-order chi connectivity index (χ1) is 8.09. The molecule has 17 heavy (non-hydrogen) atoms. The molecule has 0 aliphatic rings. The van der Waals surface area contributed by atoms with E-state index in [0.717, 1.165) is 23.0 Å². The number of nitriles is 1. The van der Waals surface area contributed by atoms with Crippen molar-refractivity contribution in [3.8, 4) is 6.07 Å². The van der Waals surface area contributed by atoms with Gasteiger partial charge in [-0.1, -0.05) is 48.2 Å². The Labute approximate surface area is 112 Å². The lowest BCUT2D eigenvalue weighted by Crippen LogP contribution is -2.32. The molecule has 1 aromatic rings. The normalized spacial score (nSPS) is 13.8. The van der Waals surface area contributed by atoms with E-state index in [9.17, 15) is 5.26 Å². The van der Waals surface area contributed by atoms with E-state index >= 15 is 0 Å². The van der Waals surface area contributed by atoms with Gasteiger partial charge in [0.15, 0.2) is 0 Å². The van der Waals surface area contributed by atoms with Gasteiger partial charge in [-0.2, -0.15) is 5.26 Å². The molecule has 0 fully saturated rings. The van der Waals surface area contributed by atoms with Crippen molar-refractivity contribution in [3.63, 3.8) is 0 Å². The highest BCUT2D eigenvalue weighted by atomic mass is 79.9. The van der Waals surface area contributed by atoms with Crippen LogP contribution in [0.25, 0.3) is 0 Å². The molecule has 3 heteroatoms. The van der Waals surface area contributed by atoms with Crippen molar-refractivity contribution in [2.45, 2.75) is 45.1 Å². The van der Waals surface area contributed by atoms with Crippen molar-refractivity contribution < 1.29 is 0 Å². The van der Waals surface area contributed by atoms with E-state index in [1.165, 1.54) is 12.8 Å². The first kappa shape index (κ1) is 14.1. The van der Waals surface area contributed by atoms with Gasteiger partial charge in [0.2, 0.25) is 0 Å². The van der Waals surface area contributed by atoms with Crippen LogP contribution in [0, 0.1) is 11.3 Å². The number of nitrogens with zero attached hydrogens (tertiary/aromatic N) is 1. The number of rotatable bonds is 6. The highest BCUT2D eigenvalue weighted by molar-refractivity contribution is 9.10. The van der Waals surface area contributed by atoms with E-state index in [1.807, 2.05) is 31.2 Å². The largest absolute Gasteiger partial charge is 0.368 e. The Bertz CT molecular complexity index is 397. The number of hydrogen-bond acceptors (Lipinski definition) is 2. The molecule has 0 aliphatic carbocycles. The summed E-state index contributed by atoms with van der Waals surface area (Å²) in [5.74, 6) is 0. The molecule has 0 amide bonds. The van der Waals surface area contributed by atoms with Crippen LogP contribution in [-0.4, -0.2) is 5.54 Å². The summed E-state index contributed by atoms with van der Waals surface area (Å²) in [5, 5.41) is 12.6. The molecule has 2 nitrogen and oxygen atoms in total. The molecule has 1 aromatic carbocycles. The van der Waals surface area contributed by atoms with E-state index in [2.05, 4.69) is 34.2 Å². The molecular formula is C14H19BrN2. The molecule has 0 saturated heterocycles. The summed E-state index contributed by atoms with van der Waals surface area (Å²) in [6.45, 7) is 4.13.